The molecule has 0 heterocycles. The summed E-state index contributed by atoms with van der Waals surface area (Å²) in [4.78, 5) is 2.54. The van der Waals surface area contributed by atoms with E-state index in [0.717, 1.165) is 36.5 Å². The molecule has 1 spiro atoms. The average molecular weight is 712 g/mol. The van der Waals surface area contributed by atoms with Gasteiger partial charge in [-0.2, -0.15) is 0 Å². The molecule has 4 saturated carbocycles. The van der Waals surface area contributed by atoms with Gasteiger partial charge in [0.05, 0.1) is 0 Å². The highest BCUT2D eigenvalue weighted by molar-refractivity contribution is 5.98. The van der Waals surface area contributed by atoms with Crippen LogP contribution in [0.4, 0.5) is 17.1 Å². The van der Waals surface area contributed by atoms with Crippen molar-refractivity contribution < 1.29 is 0 Å². The molecule has 0 saturated heterocycles. The second-order valence-corrected chi connectivity index (χ2v) is 17.1. The molecule has 5 aliphatic rings. The van der Waals surface area contributed by atoms with E-state index in [0.29, 0.717) is 0 Å². The Bertz CT molecular complexity index is 2570. The van der Waals surface area contributed by atoms with Crippen LogP contribution >= 0.6 is 0 Å². The number of nitrogens with zero attached hydrogens (tertiary/aromatic N) is 1. The topological polar surface area (TPSA) is 3.24 Å². The summed E-state index contributed by atoms with van der Waals surface area (Å²) in [5.74, 6) is 3.40. The Balaban J connectivity index is 1.10. The zero-order valence-electron chi connectivity index (χ0n) is 32.1. The van der Waals surface area contributed by atoms with Crippen molar-refractivity contribution in [3.63, 3.8) is 0 Å². The van der Waals surface area contributed by atoms with Gasteiger partial charge in [-0.15, -0.1) is 0 Å². The smallest absolute Gasteiger partial charge is 0.0468 e. The largest absolute Gasteiger partial charge is 0.310 e. The van der Waals surface area contributed by atoms with Crippen molar-refractivity contribution in [1.82, 2.24) is 0 Å². The minimum absolute atomic E-state index is 0.167. The lowest BCUT2D eigenvalue weighted by Crippen LogP contribution is -2.55. The fourth-order valence-electron chi connectivity index (χ4n) is 12.4. The van der Waals surface area contributed by atoms with Gasteiger partial charge < -0.3 is 4.90 Å². The summed E-state index contributed by atoms with van der Waals surface area (Å²) >= 11 is 0. The first-order chi connectivity index (χ1) is 27.1. The second-order valence-electron chi connectivity index (χ2n) is 17.1. The van der Waals surface area contributed by atoms with Crippen LogP contribution in [0, 0.1) is 23.7 Å². The number of benzene rings is 7. The van der Waals surface area contributed by atoms with Crippen LogP contribution in [0.1, 0.15) is 68.2 Å². The first-order valence-electron chi connectivity index (χ1n) is 21.0. The molecular weight excluding hydrogens is 663 g/mol. The molecule has 0 aliphatic heterocycles. The summed E-state index contributed by atoms with van der Waals surface area (Å²) in [6, 6.07) is 58.0. The molecule has 0 amide bonds. The maximum Gasteiger partial charge on any atom is 0.0468 e. The third-order valence-electron chi connectivity index (χ3n) is 14.4. The van der Waals surface area contributed by atoms with Gasteiger partial charge in [-0.3, -0.25) is 0 Å². The molecule has 12 rings (SSSR count). The normalized spacial score (nSPS) is 22.9. The number of hydrogen-bond donors (Lipinski definition) is 0. The van der Waals surface area contributed by atoms with Crippen LogP contribution in [0.15, 0.2) is 152 Å². The van der Waals surface area contributed by atoms with Crippen LogP contribution in [-0.2, 0) is 18.3 Å². The Morgan fingerprint density at radius 1 is 0.455 bits per heavy atom. The Morgan fingerprint density at radius 2 is 1.05 bits per heavy atom. The predicted octanol–water partition coefficient (Wildman–Crippen LogP) is 14.5. The Labute approximate surface area is 326 Å². The van der Waals surface area contributed by atoms with E-state index in [1.807, 2.05) is 0 Å². The predicted molar refractivity (Wildman–Crippen MR) is 232 cm³/mol. The highest BCUT2D eigenvalue weighted by atomic mass is 15.1. The Morgan fingerprint density at radius 3 is 1.87 bits per heavy atom. The van der Waals surface area contributed by atoms with Crippen LogP contribution < -0.4 is 4.90 Å². The number of fused-ring (bicyclic) bond motifs is 4. The van der Waals surface area contributed by atoms with Crippen LogP contribution in [0.2, 0.25) is 0 Å². The van der Waals surface area contributed by atoms with Gasteiger partial charge in [0.1, 0.15) is 0 Å². The molecule has 4 bridgehead atoms. The Hall–Kier alpha value is -5.40. The van der Waals surface area contributed by atoms with Crippen LogP contribution in [-0.4, -0.2) is 0 Å². The van der Waals surface area contributed by atoms with Gasteiger partial charge in [0.15, 0.2) is 0 Å². The lowest BCUT2D eigenvalue weighted by atomic mass is 9.43. The van der Waals surface area contributed by atoms with Crippen LogP contribution in [0.3, 0.4) is 0 Å². The molecule has 0 atom stereocenters. The van der Waals surface area contributed by atoms with E-state index in [2.05, 4.69) is 170 Å². The van der Waals surface area contributed by atoms with Crippen LogP contribution in [0.25, 0.3) is 44.2 Å². The van der Waals surface area contributed by atoms with Crippen molar-refractivity contribution in [1.29, 1.82) is 0 Å². The second kappa shape index (κ2) is 12.8. The van der Waals surface area contributed by atoms with Crippen molar-refractivity contribution in [2.24, 2.45) is 23.7 Å². The van der Waals surface area contributed by atoms with E-state index in [1.165, 1.54) is 104 Å². The van der Waals surface area contributed by atoms with Crippen molar-refractivity contribution in [3.8, 4) is 33.4 Å². The summed E-state index contributed by atoms with van der Waals surface area (Å²) in [6.45, 7) is 4.57. The van der Waals surface area contributed by atoms with E-state index in [-0.39, 0.29) is 5.41 Å². The van der Waals surface area contributed by atoms with Gasteiger partial charge >= 0.3 is 0 Å². The maximum atomic E-state index is 2.57. The first-order valence-corrected chi connectivity index (χ1v) is 21.0. The molecule has 0 radical (unpaired) electrons. The van der Waals surface area contributed by atoms with Gasteiger partial charge in [-0.05, 0) is 171 Å². The minimum atomic E-state index is 0.167. The SMILES string of the molecule is CCc1ccccc1-c1ccc(N(c2cccc(-c3cccc4ccccc34)c2)c2ccc3c(c2)-c2ccccc2C32C3CC4CC(C3)CC2C4)cc1CC. The van der Waals surface area contributed by atoms with Gasteiger partial charge in [0, 0.05) is 22.5 Å². The van der Waals surface area contributed by atoms with Gasteiger partial charge in [0.2, 0.25) is 0 Å². The molecule has 0 aromatic heterocycles. The van der Waals surface area contributed by atoms with Crippen LogP contribution in [0.5, 0.6) is 0 Å². The zero-order valence-corrected chi connectivity index (χ0v) is 32.1. The number of anilines is 3. The molecule has 1 heteroatoms. The maximum absolute atomic E-state index is 2.57. The first kappa shape index (κ1) is 33.0. The van der Waals surface area contributed by atoms with Crippen molar-refractivity contribution in [2.45, 2.75) is 64.2 Å². The quantitative estimate of drug-likeness (QED) is 0.159. The molecule has 5 aliphatic carbocycles. The highest BCUT2D eigenvalue weighted by Gasteiger charge is 2.61. The lowest BCUT2D eigenvalue weighted by Gasteiger charge is -2.61. The highest BCUT2D eigenvalue weighted by Crippen LogP contribution is 2.69. The molecule has 7 aromatic rings. The Kier molecular flexibility index (Phi) is 7.70. The van der Waals surface area contributed by atoms with E-state index in [9.17, 15) is 0 Å². The number of hydrogen-bond acceptors (Lipinski definition) is 1. The van der Waals surface area contributed by atoms with Gasteiger partial charge in [0.25, 0.3) is 0 Å². The monoisotopic (exact) mass is 711 g/mol. The van der Waals surface area contributed by atoms with Gasteiger partial charge in [-0.25, -0.2) is 0 Å². The fraction of sp³-hybridized carbons (Fsp3) is 0.259. The van der Waals surface area contributed by atoms with Crippen molar-refractivity contribution >= 4 is 27.8 Å². The summed E-state index contributed by atoms with van der Waals surface area (Å²) in [5.41, 5.74) is 17.9. The molecule has 270 valence electrons. The molecule has 1 nitrogen and oxygen atoms in total. The summed E-state index contributed by atoms with van der Waals surface area (Å²) in [6.07, 6.45) is 9.09. The van der Waals surface area contributed by atoms with E-state index >= 15 is 0 Å². The molecular formula is C54H49N. The van der Waals surface area contributed by atoms with E-state index < -0.39 is 0 Å². The molecule has 0 unspecified atom stereocenters. The van der Waals surface area contributed by atoms with Gasteiger partial charge in [-0.1, -0.05) is 129 Å². The number of aryl methyl sites for hydroxylation is 2. The van der Waals surface area contributed by atoms with Crippen molar-refractivity contribution in [2.75, 3.05) is 4.90 Å². The number of rotatable bonds is 7. The average Bonchev–Trinajstić information content (AvgIpc) is 3.52. The van der Waals surface area contributed by atoms with E-state index in [4.69, 9.17) is 0 Å². The molecule has 7 aromatic carbocycles. The summed E-state index contributed by atoms with van der Waals surface area (Å²) in [5, 5.41) is 2.56. The molecule has 0 N–H and O–H groups in total. The lowest BCUT2D eigenvalue weighted by molar-refractivity contribution is -0.0399. The van der Waals surface area contributed by atoms with E-state index in [1.54, 1.807) is 11.1 Å². The fourth-order valence-corrected chi connectivity index (χ4v) is 12.4. The minimum Gasteiger partial charge on any atom is -0.310 e. The molecule has 55 heavy (non-hydrogen) atoms. The molecule has 4 fully saturated rings. The zero-order chi connectivity index (χ0) is 36.7. The summed E-state index contributed by atoms with van der Waals surface area (Å²) in [7, 11) is 0. The standard InChI is InChI=1S/C54H49N/c1-3-37-13-5-7-18-46(37)49-25-23-44(32-38(49)4-2)55(43-17-11-16-40(33-43)48-21-12-15-39-14-6-8-19-47(39)48)45-24-26-53-51(34-45)50-20-9-10-22-52(50)54(53)41-28-35-27-36(30-41)31-42(54)29-35/h5-26,32-36,41-42H,3-4,27-31H2,1-2H3. The third-order valence-corrected chi connectivity index (χ3v) is 14.4. The summed E-state index contributed by atoms with van der Waals surface area (Å²) < 4.78 is 0. The van der Waals surface area contributed by atoms with Crippen molar-refractivity contribution in [3.05, 3.63) is 174 Å². The third kappa shape index (κ3) is 4.98.